The maximum absolute atomic E-state index is 15.2. The van der Waals surface area contributed by atoms with Crippen molar-refractivity contribution in [3.63, 3.8) is 0 Å². The van der Waals surface area contributed by atoms with Gasteiger partial charge in [0.15, 0.2) is 5.78 Å². The maximum atomic E-state index is 15.2. The fourth-order valence-electron chi connectivity index (χ4n) is 8.49. The quantitative estimate of drug-likeness (QED) is 0.226. The predicted octanol–water partition coefficient (Wildman–Crippen LogP) is 8.34. The number of anilines is 1. The van der Waals surface area contributed by atoms with Crippen LogP contribution in [0.4, 0.5) is 32.4 Å². The van der Waals surface area contributed by atoms with Crippen LogP contribution in [0, 0.1) is 29.1 Å². The van der Waals surface area contributed by atoms with Crippen LogP contribution in [-0.2, 0) is 4.79 Å². The van der Waals surface area contributed by atoms with Crippen molar-refractivity contribution in [2.24, 2.45) is 17.3 Å². The monoisotopic (exact) mass is 672 g/mol. The fourth-order valence-corrected chi connectivity index (χ4v) is 8.62. The summed E-state index contributed by atoms with van der Waals surface area (Å²) in [6.45, 7) is 1.46. The Hall–Kier alpha value is -3.68. The van der Waals surface area contributed by atoms with Gasteiger partial charge in [-0.2, -0.15) is 22.0 Å². The number of alkyl halides is 5. The average molecular weight is 673 g/mol. The summed E-state index contributed by atoms with van der Waals surface area (Å²) >= 11 is 5.86. The Labute approximate surface area is 274 Å². The van der Waals surface area contributed by atoms with Crippen molar-refractivity contribution in [2.75, 3.05) is 11.9 Å². The van der Waals surface area contributed by atoms with E-state index in [1.165, 1.54) is 6.92 Å². The van der Waals surface area contributed by atoms with Gasteiger partial charge in [0.2, 0.25) is 0 Å². The molecule has 0 spiro atoms. The first-order chi connectivity index (χ1) is 22.1. The molecule has 2 aromatic rings. The molecule has 0 aliphatic heterocycles. The summed E-state index contributed by atoms with van der Waals surface area (Å²) < 4.78 is 71.8. The van der Waals surface area contributed by atoms with Gasteiger partial charge in [-0.25, -0.2) is 4.79 Å². The lowest BCUT2D eigenvalue weighted by atomic mass is 9.50. The van der Waals surface area contributed by atoms with Crippen LogP contribution in [0.3, 0.4) is 0 Å². The minimum atomic E-state index is -5.90. The van der Waals surface area contributed by atoms with Crippen molar-refractivity contribution in [1.82, 2.24) is 5.32 Å². The van der Waals surface area contributed by atoms with E-state index in [2.05, 4.69) is 22.5 Å². The molecule has 0 saturated heterocycles. The molecule has 3 N–H and O–H groups in total. The first-order valence-corrected chi connectivity index (χ1v) is 16.1. The zero-order valence-electron chi connectivity index (χ0n) is 25.6. The van der Waals surface area contributed by atoms with Gasteiger partial charge >= 0.3 is 18.1 Å². The number of fused-ring (bicyclic) bond motifs is 4. The molecule has 2 aromatic carbocycles. The van der Waals surface area contributed by atoms with Crippen LogP contribution in [-0.4, -0.2) is 41.2 Å². The molecule has 5 atom stereocenters. The van der Waals surface area contributed by atoms with Gasteiger partial charge in [0.1, 0.15) is 5.60 Å². The van der Waals surface area contributed by atoms with E-state index in [1.807, 2.05) is 0 Å². The zero-order valence-corrected chi connectivity index (χ0v) is 26.4. The smallest absolute Gasteiger partial charge is 0.383 e. The normalized spacial score (nSPS) is 28.7. The van der Waals surface area contributed by atoms with Crippen molar-refractivity contribution in [1.29, 1.82) is 0 Å². The Morgan fingerprint density at radius 1 is 1.02 bits per heavy atom. The zero-order chi connectivity index (χ0) is 33.8. The summed E-state index contributed by atoms with van der Waals surface area (Å²) in [5.41, 5.74) is -0.116. The van der Waals surface area contributed by atoms with E-state index in [9.17, 15) is 27.9 Å². The number of halogens is 6. The third-order valence-corrected chi connectivity index (χ3v) is 11.0. The Morgan fingerprint density at radius 3 is 2.40 bits per heavy atom. The number of ketones is 1. The van der Waals surface area contributed by atoms with Crippen molar-refractivity contribution in [3.8, 4) is 11.8 Å². The molecule has 2 saturated carbocycles. The first kappa shape index (κ1) is 33.2. The third-order valence-electron chi connectivity index (χ3n) is 10.7. The number of hydrogen-bond acceptors (Lipinski definition) is 3. The molecule has 47 heavy (non-hydrogen) atoms. The number of allylic oxidation sites excluding steroid dienone is 4. The van der Waals surface area contributed by atoms with Crippen molar-refractivity contribution in [2.45, 2.75) is 75.5 Å². The molecule has 5 nitrogen and oxygen atoms in total. The van der Waals surface area contributed by atoms with Crippen LogP contribution in [0.5, 0.6) is 0 Å². The number of rotatable bonds is 4. The lowest BCUT2D eigenvalue weighted by Gasteiger charge is -2.56. The largest absolute Gasteiger partial charge is 0.456 e. The van der Waals surface area contributed by atoms with Crippen LogP contribution >= 0.6 is 11.6 Å². The maximum Gasteiger partial charge on any atom is 0.456 e. The number of amides is 2. The second kappa shape index (κ2) is 12.1. The van der Waals surface area contributed by atoms with Crippen LogP contribution in [0.25, 0.3) is 0 Å². The second-order valence-corrected chi connectivity index (χ2v) is 13.6. The van der Waals surface area contributed by atoms with E-state index in [1.54, 1.807) is 54.6 Å². The Morgan fingerprint density at radius 2 is 1.72 bits per heavy atom. The number of benzene rings is 2. The molecule has 0 heterocycles. The van der Waals surface area contributed by atoms with E-state index in [-0.39, 0.29) is 31.1 Å². The minimum Gasteiger partial charge on any atom is -0.383 e. The average Bonchev–Trinajstić information content (AvgIpc) is 3.31. The Balaban J connectivity index is 1.27. The molecular formula is C36H34ClF5N2O3. The van der Waals surface area contributed by atoms with Gasteiger partial charge in [-0.1, -0.05) is 48.1 Å². The second-order valence-electron chi connectivity index (χ2n) is 13.2. The number of carbonyl (C=O) groups excluding carboxylic acids is 2. The van der Waals surface area contributed by atoms with E-state index >= 15 is 8.78 Å². The minimum absolute atomic E-state index is 0.0277. The first-order valence-electron chi connectivity index (χ1n) is 15.7. The van der Waals surface area contributed by atoms with Crippen LogP contribution in [0.15, 0.2) is 71.3 Å². The van der Waals surface area contributed by atoms with Crippen LogP contribution in [0.2, 0.25) is 5.02 Å². The standard InChI is InChI=1S/C36H34ClF5N2O3/c1-33-20-29(22-6-4-21(5-7-22)3-2-18-43-32(46)44-25-11-9-24(37)10-12-25)31-27-15-13-26(45)19-23(27)8-14-28(31)30(33)16-17-34(33,47)35(38,39)36(40,41)42/h4-7,9-12,19,28-30,47H,8,13-18,20H2,1H3,(H2,43,44,46)/t28?,29-,30?,33+,34+/m1/s1. The van der Waals surface area contributed by atoms with Crippen molar-refractivity contribution < 1.29 is 36.6 Å². The Bertz CT molecular complexity index is 1710. The SMILES string of the molecule is C[C@]12C[C@H](c3ccc(C#CCNC(=O)Nc4ccc(Cl)cc4)cc3)C3=C4CCC(=O)C=C4CCC3C1CC[C@@]2(O)C(F)(F)C(F)(F)F. The molecule has 0 bridgehead atoms. The molecule has 0 radical (unpaired) electrons. The fraction of sp³-hybridized carbons (Fsp3) is 0.444. The van der Waals surface area contributed by atoms with Crippen molar-refractivity contribution >= 4 is 29.1 Å². The molecule has 0 aromatic heterocycles. The summed E-state index contributed by atoms with van der Waals surface area (Å²) in [4.78, 5) is 24.4. The number of hydrogen-bond donors (Lipinski definition) is 3. The van der Waals surface area contributed by atoms with Gasteiger partial charge in [0.05, 0.1) is 6.54 Å². The lowest BCUT2D eigenvalue weighted by molar-refractivity contribution is -0.362. The van der Waals surface area contributed by atoms with Gasteiger partial charge in [-0.05, 0) is 110 Å². The summed E-state index contributed by atoms with van der Waals surface area (Å²) in [6, 6.07) is 13.3. The van der Waals surface area contributed by atoms with Gasteiger partial charge in [-0.3, -0.25) is 4.79 Å². The number of carbonyl (C=O) groups is 2. The highest BCUT2D eigenvalue weighted by molar-refractivity contribution is 6.30. The molecular weight excluding hydrogens is 639 g/mol. The van der Waals surface area contributed by atoms with E-state index in [0.717, 1.165) is 22.3 Å². The van der Waals surface area contributed by atoms with Gasteiger partial charge in [-0.15, -0.1) is 0 Å². The van der Waals surface area contributed by atoms with E-state index in [4.69, 9.17) is 11.6 Å². The Kier molecular flexibility index (Phi) is 8.54. The molecule has 4 aliphatic rings. The molecule has 11 heteroatoms. The van der Waals surface area contributed by atoms with Gasteiger partial charge < -0.3 is 15.7 Å². The molecule has 2 amide bonds. The number of nitrogens with one attached hydrogen (secondary N) is 2. The third kappa shape index (κ3) is 5.76. The van der Waals surface area contributed by atoms with Crippen LogP contribution in [0.1, 0.15) is 68.9 Å². The summed E-state index contributed by atoms with van der Waals surface area (Å²) in [5, 5.41) is 17.3. The van der Waals surface area contributed by atoms with Gasteiger partial charge in [0.25, 0.3) is 0 Å². The topological polar surface area (TPSA) is 78.4 Å². The molecule has 6 rings (SSSR count). The number of urea groups is 1. The van der Waals surface area contributed by atoms with Gasteiger partial charge in [0, 0.05) is 34.0 Å². The number of aliphatic hydroxyl groups is 1. The highest BCUT2D eigenvalue weighted by Crippen LogP contribution is 2.70. The lowest BCUT2D eigenvalue weighted by Crippen LogP contribution is -2.65. The van der Waals surface area contributed by atoms with E-state index < -0.39 is 47.4 Å². The van der Waals surface area contributed by atoms with E-state index in [0.29, 0.717) is 42.0 Å². The van der Waals surface area contributed by atoms with Crippen molar-refractivity contribution in [3.05, 3.63) is 87.5 Å². The molecule has 4 aliphatic carbocycles. The summed E-state index contributed by atoms with van der Waals surface area (Å²) in [5.74, 6) is -0.787. The summed E-state index contributed by atoms with van der Waals surface area (Å²) in [7, 11) is 0. The summed E-state index contributed by atoms with van der Waals surface area (Å²) in [6.07, 6.45) is -3.04. The molecule has 2 fully saturated rings. The highest BCUT2D eigenvalue weighted by Gasteiger charge is 2.79. The predicted molar refractivity (Wildman–Crippen MR) is 168 cm³/mol. The molecule has 248 valence electrons. The highest BCUT2D eigenvalue weighted by atomic mass is 35.5. The van der Waals surface area contributed by atoms with Crippen LogP contribution < -0.4 is 10.6 Å². The molecule has 2 unspecified atom stereocenters.